The zero-order valence-electron chi connectivity index (χ0n) is 13.0. The molecule has 1 aliphatic rings. The maximum Gasteiger partial charge on any atom is 0.161 e. The Bertz CT molecular complexity index is 619. The second kappa shape index (κ2) is 6.32. The molecule has 5 nitrogen and oxygen atoms in total. The maximum atomic E-state index is 11.4. The van der Waals surface area contributed by atoms with Crippen molar-refractivity contribution in [3.8, 4) is 0 Å². The Balaban J connectivity index is 2.01. The van der Waals surface area contributed by atoms with Gasteiger partial charge in [0, 0.05) is 43.8 Å². The summed E-state index contributed by atoms with van der Waals surface area (Å²) in [6.45, 7) is 4.14. The third kappa shape index (κ3) is 4.68. The third-order valence-electron chi connectivity index (χ3n) is 4.04. The number of aryl methyl sites for hydroxylation is 1. The molecule has 0 aliphatic carbocycles. The van der Waals surface area contributed by atoms with Gasteiger partial charge in [-0.25, -0.2) is 8.42 Å². The summed E-state index contributed by atoms with van der Waals surface area (Å²) in [4.78, 5) is 13.7. The van der Waals surface area contributed by atoms with Crippen molar-refractivity contribution in [2.75, 3.05) is 25.1 Å². The normalized spacial score (nSPS) is 20.6. The molecule has 0 amide bonds. The molecular weight excluding hydrogens is 288 g/mol. The fraction of sp³-hybridized carbons (Fsp3) is 0.667. The van der Waals surface area contributed by atoms with E-state index in [4.69, 9.17) is 0 Å². The van der Waals surface area contributed by atoms with Gasteiger partial charge in [0.05, 0.1) is 5.75 Å². The minimum Gasteiger partial charge on any atom is -0.353 e. The fourth-order valence-corrected chi connectivity index (χ4v) is 4.18. The smallest absolute Gasteiger partial charge is 0.161 e. The van der Waals surface area contributed by atoms with Crippen LogP contribution >= 0.6 is 0 Å². The van der Waals surface area contributed by atoms with Crippen LogP contribution in [0.5, 0.6) is 0 Å². The second-order valence-electron chi connectivity index (χ2n) is 6.22. The number of ketones is 1. The summed E-state index contributed by atoms with van der Waals surface area (Å²) in [5.74, 6) is 0.571. The lowest BCUT2D eigenvalue weighted by Crippen LogP contribution is -2.37. The quantitative estimate of drug-likeness (QED) is 0.773. The largest absolute Gasteiger partial charge is 0.353 e. The molecule has 1 aromatic heterocycles. The highest BCUT2D eigenvalue weighted by Gasteiger charge is 2.23. The topological polar surface area (TPSA) is 59.4 Å². The monoisotopic (exact) mass is 312 g/mol. The lowest BCUT2D eigenvalue weighted by atomic mass is 10.00. The van der Waals surface area contributed by atoms with E-state index in [0.29, 0.717) is 0 Å². The predicted molar refractivity (Wildman–Crippen MR) is 83.1 cm³/mol. The lowest BCUT2D eigenvalue weighted by molar-refractivity contribution is 0.101. The Morgan fingerprint density at radius 3 is 2.71 bits per heavy atom. The van der Waals surface area contributed by atoms with Crippen LogP contribution in [0.15, 0.2) is 12.3 Å². The second-order valence-corrected chi connectivity index (χ2v) is 8.41. The van der Waals surface area contributed by atoms with Gasteiger partial charge in [0.25, 0.3) is 0 Å². The van der Waals surface area contributed by atoms with Crippen LogP contribution in [0.2, 0.25) is 0 Å². The highest BCUT2D eigenvalue weighted by Crippen LogP contribution is 2.20. The summed E-state index contributed by atoms with van der Waals surface area (Å²) < 4.78 is 24.9. The molecule has 1 aromatic rings. The summed E-state index contributed by atoms with van der Waals surface area (Å²) in [6, 6.07) is 1.93. The van der Waals surface area contributed by atoms with Gasteiger partial charge in [-0.3, -0.25) is 9.69 Å². The van der Waals surface area contributed by atoms with E-state index < -0.39 is 9.84 Å². The van der Waals surface area contributed by atoms with Crippen molar-refractivity contribution in [2.45, 2.75) is 26.3 Å². The van der Waals surface area contributed by atoms with E-state index in [2.05, 4.69) is 4.90 Å². The van der Waals surface area contributed by atoms with E-state index in [1.54, 1.807) is 6.92 Å². The van der Waals surface area contributed by atoms with E-state index in [9.17, 15) is 13.2 Å². The van der Waals surface area contributed by atoms with Gasteiger partial charge in [0.2, 0.25) is 0 Å². The van der Waals surface area contributed by atoms with Crippen LogP contribution in [0.1, 0.15) is 35.8 Å². The number of aromatic nitrogens is 1. The van der Waals surface area contributed by atoms with Crippen LogP contribution in [0.4, 0.5) is 0 Å². The standard InChI is InChI=1S/C15H24N2O3S/c1-12(18)14-7-15(16(2)9-14)10-17-6-4-5-13(8-17)11-21(3,19)20/h7,9,13H,4-6,8,10-11H2,1-3H3. The number of hydrogen-bond donors (Lipinski definition) is 0. The molecule has 0 spiro atoms. The van der Waals surface area contributed by atoms with Gasteiger partial charge in [0.15, 0.2) is 5.78 Å². The highest BCUT2D eigenvalue weighted by molar-refractivity contribution is 7.90. The summed E-state index contributed by atoms with van der Waals surface area (Å²) in [5, 5.41) is 0. The third-order valence-corrected chi connectivity index (χ3v) is 5.12. The van der Waals surface area contributed by atoms with Crippen molar-refractivity contribution in [1.29, 1.82) is 0 Å². The molecule has 1 fully saturated rings. The summed E-state index contributed by atoms with van der Waals surface area (Å²) in [7, 11) is -0.968. The molecule has 0 bridgehead atoms. The Hall–Kier alpha value is -1.14. The molecule has 21 heavy (non-hydrogen) atoms. The molecule has 2 rings (SSSR count). The van der Waals surface area contributed by atoms with Crippen molar-refractivity contribution in [3.63, 3.8) is 0 Å². The van der Waals surface area contributed by atoms with Crippen LogP contribution < -0.4 is 0 Å². The number of carbonyl (C=O) groups excluding carboxylic acids is 1. The number of carbonyl (C=O) groups is 1. The van der Waals surface area contributed by atoms with Crippen LogP contribution in [0.3, 0.4) is 0 Å². The Morgan fingerprint density at radius 1 is 1.43 bits per heavy atom. The first kappa shape index (κ1) is 16.2. The average molecular weight is 312 g/mol. The zero-order chi connectivity index (χ0) is 15.6. The van der Waals surface area contributed by atoms with E-state index in [0.717, 1.165) is 43.7 Å². The zero-order valence-corrected chi connectivity index (χ0v) is 13.8. The fourth-order valence-electron chi connectivity index (χ4n) is 3.05. The molecule has 6 heteroatoms. The van der Waals surface area contributed by atoms with Crippen LogP contribution in [-0.4, -0.2) is 48.8 Å². The van der Waals surface area contributed by atoms with Gasteiger partial charge in [-0.05, 0) is 38.3 Å². The predicted octanol–water partition coefficient (Wildman–Crippen LogP) is 1.48. The first-order valence-electron chi connectivity index (χ1n) is 7.31. The number of sulfone groups is 1. The molecule has 118 valence electrons. The van der Waals surface area contributed by atoms with Gasteiger partial charge >= 0.3 is 0 Å². The minimum absolute atomic E-state index is 0.0745. The summed E-state index contributed by atoms with van der Waals surface area (Å²) in [6.07, 6.45) is 5.18. The molecular formula is C15H24N2O3S. The van der Waals surface area contributed by atoms with E-state index in [-0.39, 0.29) is 17.5 Å². The van der Waals surface area contributed by atoms with Gasteiger partial charge in [-0.15, -0.1) is 0 Å². The Labute approximate surface area is 126 Å². The van der Waals surface area contributed by atoms with E-state index in [1.165, 1.54) is 6.26 Å². The van der Waals surface area contributed by atoms with Crippen molar-refractivity contribution in [1.82, 2.24) is 9.47 Å². The molecule has 0 N–H and O–H groups in total. The molecule has 1 atom stereocenters. The molecule has 1 aliphatic heterocycles. The van der Waals surface area contributed by atoms with Crippen molar-refractivity contribution in [3.05, 3.63) is 23.5 Å². The summed E-state index contributed by atoms with van der Waals surface area (Å²) in [5.41, 5.74) is 1.83. The van der Waals surface area contributed by atoms with Gasteiger partial charge in [-0.1, -0.05) is 0 Å². The Kier molecular flexibility index (Phi) is 4.88. The molecule has 0 saturated carbocycles. The van der Waals surface area contributed by atoms with E-state index >= 15 is 0 Å². The summed E-state index contributed by atoms with van der Waals surface area (Å²) >= 11 is 0. The van der Waals surface area contributed by atoms with Gasteiger partial charge in [-0.2, -0.15) is 0 Å². The highest BCUT2D eigenvalue weighted by atomic mass is 32.2. The number of Topliss-reactive ketones (excluding diaryl/α,β-unsaturated/α-hetero) is 1. The molecule has 0 radical (unpaired) electrons. The SMILES string of the molecule is CC(=O)c1cc(CN2CCCC(CS(C)(=O)=O)C2)n(C)c1. The maximum absolute atomic E-state index is 11.4. The van der Waals surface area contributed by atoms with Crippen molar-refractivity contribution in [2.24, 2.45) is 13.0 Å². The minimum atomic E-state index is -2.91. The Morgan fingerprint density at radius 2 is 2.14 bits per heavy atom. The van der Waals surface area contributed by atoms with Crippen molar-refractivity contribution >= 4 is 15.6 Å². The van der Waals surface area contributed by atoms with Crippen LogP contribution in [-0.2, 0) is 23.4 Å². The molecule has 1 unspecified atom stereocenters. The van der Waals surface area contributed by atoms with Gasteiger partial charge < -0.3 is 4.57 Å². The number of piperidine rings is 1. The van der Waals surface area contributed by atoms with Crippen molar-refractivity contribution < 1.29 is 13.2 Å². The number of rotatable bonds is 5. The first-order chi connectivity index (χ1) is 9.74. The molecule has 2 heterocycles. The number of hydrogen-bond acceptors (Lipinski definition) is 4. The molecule has 1 saturated heterocycles. The van der Waals surface area contributed by atoms with Crippen LogP contribution in [0.25, 0.3) is 0 Å². The number of nitrogens with zero attached hydrogens (tertiary/aromatic N) is 2. The average Bonchev–Trinajstić information content (AvgIpc) is 2.69. The van der Waals surface area contributed by atoms with Crippen LogP contribution in [0, 0.1) is 5.92 Å². The lowest BCUT2D eigenvalue weighted by Gasteiger charge is -2.32. The first-order valence-corrected chi connectivity index (χ1v) is 9.37. The van der Waals surface area contributed by atoms with E-state index in [1.807, 2.05) is 23.9 Å². The van der Waals surface area contributed by atoms with Gasteiger partial charge in [0.1, 0.15) is 9.84 Å². The molecule has 0 aromatic carbocycles. The number of likely N-dealkylation sites (tertiary alicyclic amines) is 1.